The molecule has 0 bridgehead atoms. The Morgan fingerprint density at radius 3 is 2.73 bits per heavy atom. The summed E-state index contributed by atoms with van der Waals surface area (Å²) in [5, 5.41) is 12.5. The van der Waals surface area contributed by atoms with E-state index in [9.17, 15) is 14.7 Å². The van der Waals surface area contributed by atoms with E-state index in [0.717, 1.165) is 30.4 Å². The number of ether oxygens (including phenoxy) is 2. The van der Waals surface area contributed by atoms with Gasteiger partial charge in [-0.2, -0.15) is 0 Å². The van der Waals surface area contributed by atoms with Gasteiger partial charge in [0, 0.05) is 18.5 Å². The van der Waals surface area contributed by atoms with Crippen LogP contribution in [0.25, 0.3) is 0 Å². The van der Waals surface area contributed by atoms with Crippen LogP contribution in [-0.2, 0) is 14.3 Å². The number of carbonyl (C=O) groups is 2. The number of amides is 1. The maximum atomic E-state index is 11.9. The van der Waals surface area contributed by atoms with Gasteiger partial charge in [0.05, 0.1) is 13.2 Å². The van der Waals surface area contributed by atoms with Crippen molar-refractivity contribution in [3.63, 3.8) is 0 Å². The third-order valence-electron chi connectivity index (χ3n) is 3.69. The topological polar surface area (TPSA) is 84.9 Å². The molecule has 2 N–H and O–H groups in total. The normalized spacial score (nSPS) is 23.0. The summed E-state index contributed by atoms with van der Waals surface area (Å²) in [4.78, 5) is 23.6. The summed E-state index contributed by atoms with van der Waals surface area (Å²) < 4.78 is 10.2. The molecule has 0 aromatic heterocycles. The third-order valence-corrected chi connectivity index (χ3v) is 3.69. The summed E-state index contributed by atoms with van der Waals surface area (Å²) in [6.45, 7) is 7.64. The van der Waals surface area contributed by atoms with Gasteiger partial charge < -0.3 is 19.9 Å². The van der Waals surface area contributed by atoms with Crippen molar-refractivity contribution in [1.82, 2.24) is 5.32 Å². The largest absolute Gasteiger partial charge is 0.463 e. The van der Waals surface area contributed by atoms with Crippen LogP contribution in [-0.4, -0.2) is 42.5 Å². The minimum atomic E-state index is -0.566. The molecule has 0 heterocycles. The van der Waals surface area contributed by atoms with Crippen molar-refractivity contribution >= 4 is 12.1 Å². The second-order valence-electron chi connectivity index (χ2n) is 7.16. The molecule has 26 heavy (non-hydrogen) atoms. The van der Waals surface area contributed by atoms with E-state index in [1.54, 1.807) is 27.7 Å². The monoisotopic (exact) mass is 365 g/mol. The Kier molecular flexibility index (Phi) is 9.13. The van der Waals surface area contributed by atoms with E-state index in [1.807, 2.05) is 18.2 Å². The van der Waals surface area contributed by atoms with Crippen LogP contribution >= 0.6 is 0 Å². The van der Waals surface area contributed by atoms with Crippen LogP contribution in [0.1, 0.15) is 47.0 Å². The highest BCUT2D eigenvalue weighted by Crippen LogP contribution is 2.21. The zero-order valence-corrected chi connectivity index (χ0v) is 16.2. The van der Waals surface area contributed by atoms with Crippen molar-refractivity contribution in [2.24, 2.45) is 5.92 Å². The number of nitrogens with one attached hydrogen (secondary N) is 1. The summed E-state index contributed by atoms with van der Waals surface area (Å²) in [7, 11) is 0. The summed E-state index contributed by atoms with van der Waals surface area (Å²) in [5.41, 5.74) is 0.983. The molecule has 0 fully saturated rings. The molecule has 0 aromatic carbocycles. The van der Waals surface area contributed by atoms with Crippen molar-refractivity contribution < 1.29 is 24.2 Å². The molecular formula is C20H31NO5. The highest BCUT2D eigenvalue weighted by atomic mass is 16.6. The van der Waals surface area contributed by atoms with E-state index < -0.39 is 11.7 Å². The molecule has 6 nitrogen and oxygen atoms in total. The number of alkyl carbamates (subject to hydrolysis) is 1. The minimum absolute atomic E-state index is 0.162. The molecule has 0 saturated carbocycles. The van der Waals surface area contributed by atoms with Crippen LogP contribution in [0.2, 0.25) is 0 Å². The zero-order valence-electron chi connectivity index (χ0n) is 16.2. The van der Waals surface area contributed by atoms with E-state index in [-0.39, 0.29) is 18.5 Å². The summed E-state index contributed by atoms with van der Waals surface area (Å²) in [6.07, 6.45) is 9.30. The van der Waals surface area contributed by atoms with Gasteiger partial charge in [-0.15, -0.1) is 0 Å². The van der Waals surface area contributed by atoms with E-state index in [0.29, 0.717) is 13.2 Å². The molecule has 1 atom stereocenters. The van der Waals surface area contributed by atoms with E-state index in [2.05, 4.69) is 5.32 Å². The Balaban J connectivity index is 2.90. The van der Waals surface area contributed by atoms with Gasteiger partial charge in [0.15, 0.2) is 0 Å². The molecule has 146 valence electrons. The average Bonchev–Trinajstić information content (AvgIpc) is 2.62. The number of hydrogen-bond acceptors (Lipinski definition) is 5. The molecule has 1 aliphatic carbocycles. The maximum Gasteiger partial charge on any atom is 0.407 e. The molecule has 1 rings (SSSR count). The number of carbonyl (C=O) groups excluding carboxylic acids is 2. The van der Waals surface area contributed by atoms with Crippen molar-refractivity contribution in [2.75, 3.05) is 19.8 Å². The molecule has 0 spiro atoms. The lowest BCUT2D eigenvalue weighted by atomic mass is 9.96. The molecule has 1 aliphatic rings. The Morgan fingerprint density at radius 1 is 1.38 bits per heavy atom. The van der Waals surface area contributed by atoms with Crippen LogP contribution in [0.3, 0.4) is 0 Å². The molecule has 1 amide bonds. The number of rotatable bonds is 5. The van der Waals surface area contributed by atoms with Crippen molar-refractivity contribution in [2.45, 2.75) is 52.6 Å². The van der Waals surface area contributed by atoms with Gasteiger partial charge in [-0.25, -0.2) is 9.59 Å². The lowest BCUT2D eigenvalue weighted by Crippen LogP contribution is -2.35. The van der Waals surface area contributed by atoms with Gasteiger partial charge in [-0.3, -0.25) is 0 Å². The van der Waals surface area contributed by atoms with Gasteiger partial charge >= 0.3 is 12.1 Å². The summed E-state index contributed by atoms with van der Waals surface area (Å²) in [5.74, 6) is -0.553. The predicted octanol–water partition coefficient (Wildman–Crippen LogP) is 3.28. The molecule has 0 radical (unpaired) electrons. The fourth-order valence-electron chi connectivity index (χ4n) is 2.54. The molecule has 0 saturated heterocycles. The Bertz CT molecular complexity index is 569. The quantitative estimate of drug-likeness (QED) is 0.444. The molecule has 0 aromatic rings. The lowest BCUT2D eigenvalue weighted by molar-refractivity contribution is -0.137. The maximum absolute atomic E-state index is 11.9. The van der Waals surface area contributed by atoms with Crippen LogP contribution in [0.5, 0.6) is 0 Å². The van der Waals surface area contributed by atoms with Crippen LogP contribution < -0.4 is 5.32 Å². The average molecular weight is 365 g/mol. The first-order chi connectivity index (χ1) is 12.2. The highest BCUT2D eigenvalue weighted by Gasteiger charge is 2.19. The summed E-state index contributed by atoms with van der Waals surface area (Å²) in [6, 6.07) is 0. The highest BCUT2D eigenvalue weighted by molar-refractivity contribution is 5.83. The minimum Gasteiger partial charge on any atom is -0.463 e. The van der Waals surface area contributed by atoms with Crippen LogP contribution in [0, 0.1) is 5.92 Å². The number of hydrogen-bond donors (Lipinski definition) is 2. The first-order valence-corrected chi connectivity index (χ1v) is 9.07. The number of aliphatic hydroxyl groups is 1. The zero-order chi connectivity index (χ0) is 19.6. The Hall–Kier alpha value is -2.08. The van der Waals surface area contributed by atoms with Crippen LogP contribution in [0.15, 0.2) is 35.5 Å². The first-order valence-electron chi connectivity index (χ1n) is 9.07. The third kappa shape index (κ3) is 8.85. The Morgan fingerprint density at radius 2 is 2.12 bits per heavy atom. The van der Waals surface area contributed by atoms with Gasteiger partial charge in [0.2, 0.25) is 0 Å². The number of allylic oxidation sites excluding steroid dienone is 3. The van der Waals surface area contributed by atoms with Gasteiger partial charge in [-0.1, -0.05) is 18.2 Å². The lowest BCUT2D eigenvalue weighted by Gasteiger charge is -2.21. The molecule has 0 aliphatic heterocycles. The van der Waals surface area contributed by atoms with E-state index in [1.165, 1.54) is 6.08 Å². The van der Waals surface area contributed by atoms with Crippen molar-refractivity contribution in [1.29, 1.82) is 0 Å². The van der Waals surface area contributed by atoms with Crippen LogP contribution in [0.4, 0.5) is 4.79 Å². The van der Waals surface area contributed by atoms with E-state index >= 15 is 0 Å². The first kappa shape index (κ1) is 22.0. The smallest absolute Gasteiger partial charge is 0.407 e. The number of esters is 1. The van der Waals surface area contributed by atoms with Gasteiger partial charge in [0.25, 0.3) is 0 Å². The van der Waals surface area contributed by atoms with Gasteiger partial charge in [-0.05, 0) is 58.1 Å². The SMILES string of the molecule is CCOC(=O)/C=C1\C=C(\CO)C(CNC(=O)OC(C)(C)C)/C=C\CCC1. The van der Waals surface area contributed by atoms with E-state index in [4.69, 9.17) is 9.47 Å². The molecular weight excluding hydrogens is 334 g/mol. The van der Waals surface area contributed by atoms with Gasteiger partial charge in [0.1, 0.15) is 5.60 Å². The van der Waals surface area contributed by atoms with Crippen molar-refractivity contribution in [3.8, 4) is 0 Å². The second-order valence-corrected chi connectivity index (χ2v) is 7.16. The van der Waals surface area contributed by atoms with Crippen molar-refractivity contribution in [3.05, 3.63) is 35.5 Å². The molecule has 1 unspecified atom stereocenters. The predicted molar refractivity (Wildman–Crippen MR) is 101 cm³/mol. The standard InChI is InChI=1S/C20H31NO5/c1-5-25-18(23)12-15-9-7-6-8-10-16(17(11-15)14-22)13-21-19(24)26-20(2,3)4/h8,10-12,16,22H,5-7,9,13-14H2,1-4H3,(H,21,24)/b10-8-,15-12-,17-11-. The number of aliphatic hydroxyl groups excluding tert-OH is 1. The fourth-order valence-corrected chi connectivity index (χ4v) is 2.54. The summed E-state index contributed by atoms with van der Waals surface area (Å²) >= 11 is 0. The Labute approximate surface area is 155 Å². The fraction of sp³-hybridized carbons (Fsp3) is 0.600. The molecule has 6 heteroatoms. The second kappa shape index (κ2) is 10.8.